The molecule has 0 radical (unpaired) electrons. The predicted molar refractivity (Wildman–Crippen MR) is 92.5 cm³/mol. The smallest absolute Gasteiger partial charge is 0.414 e. The fourth-order valence-corrected chi connectivity index (χ4v) is 3.32. The van der Waals surface area contributed by atoms with Crippen LogP contribution in [-0.4, -0.2) is 47.4 Å². The number of cyclic esters (lactones) is 1. The molecule has 1 saturated heterocycles. The molecule has 1 saturated carbocycles. The molecule has 25 heavy (non-hydrogen) atoms. The molecule has 1 heterocycles. The Bertz CT molecular complexity index is 752. The van der Waals surface area contributed by atoms with Crippen LogP contribution in [0.4, 0.5) is 10.5 Å². The molecule has 2 amide bonds. The molecule has 2 aliphatic rings. The molecule has 132 valence electrons. The zero-order valence-electron chi connectivity index (χ0n) is 13.9. The molecule has 3 rings (SSSR count). The van der Waals surface area contributed by atoms with Gasteiger partial charge in [-0.2, -0.15) is 5.26 Å². The van der Waals surface area contributed by atoms with Gasteiger partial charge in [-0.3, -0.25) is 13.9 Å². The van der Waals surface area contributed by atoms with Gasteiger partial charge in [0.05, 0.1) is 24.6 Å². The van der Waals surface area contributed by atoms with Gasteiger partial charge in [-0.15, -0.1) is 0 Å². The minimum Gasteiger partial charge on any atom is -0.442 e. The first-order valence-electron chi connectivity index (χ1n) is 8.00. The second-order valence-electron chi connectivity index (χ2n) is 6.38. The Hall–Kier alpha value is -2.40. The Labute approximate surface area is 148 Å². The second kappa shape index (κ2) is 6.84. The fourth-order valence-electron chi connectivity index (χ4n) is 2.85. The highest BCUT2D eigenvalue weighted by molar-refractivity contribution is 7.85. The molecule has 0 aromatic heterocycles. The zero-order chi connectivity index (χ0) is 18.0. The number of rotatable bonds is 6. The van der Waals surface area contributed by atoms with Gasteiger partial charge in [0.2, 0.25) is 5.91 Å². The van der Waals surface area contributed by atoms with Crippen molar-refractivity contribution in [3.8, 4) is 6.07 Å². The van der Waals surface area contributed by atoms with Crippen LogP contribution in [0.3, 0.4) is 0 Å². The lowest BCUT2D eigenvalue weighted by Crippen LogP contribution is -2.36. The van der Waals surface area contributed by atoms with Crippen molar-refractivity contribution >= 4 is 28.5 Å². The SMILES string of the molecule is CS(=O)CC(=O)NC[C@H]1CN(c2ccc(C3(C#N)CC3)cc2)C(=O)O1. The van der Waals surface area contributed by atoms with Crippen molar-refractivity contribution in [3.05, 3.63) is 29.8 Å². The maximum Gasteiger partial charge on any atom is 0.414 e. The average molecular weight is 361 g/mol. The van der Waals surface area contributed by atoms with Crippen LogP contribution in [0.2, 0.25) is 0 Å². The number of nitriles is 1. The van der Waals surface area contributed by atoms with E-state index in [9.17, 15) is 19.1 Å². The molecule has 1 unspecified atom stereocenters. The van der Waals surface area contributed by atoms with Crippen LogP contribution in [0.1, 0.15) is 18.4 Å². The van der Waals surface area contributed by atoms with Crippen molar-refractivity contribution in [2.45, 2.75) is 24.4 Å². The Morgan fingerprint density at radius 2 is 2.12 bits per heavy atom. The summed E-state index contributed by atoms with van der Waals surface area (Å²) in [6.45, 7) is 0.519. The first kappa shape index (κ1) is 17.4. The third kappa shape index (κ3) is 3.82. The summed E-state index contributed by atoms with van der Waals surface area (Å²) >= 11 is 0. The monoisotopic (exact) mass is 361 g/mol. The van der Waals surface area contributed by atoms with Crippen LogP contribution < -0.4 is 10.2 Å². The van der Waals surface area contributed by atoms with Gasteiger partial charge in [-0.25, -0.2) is 4.79 Å². The topological polar surface area (TPSA) is 99.5 Å². The quantitative estimate of drug-likeness (QED) is 0.817. The Morgan fingerprint density at radius 3 is 2.68 bits per heavy atom. The number of benzene rings is 1. The fraction of sp³-hybridized carbons (Fsp3) is 0.471. The lowest BCUT2D eigenvalue weighted by atomic mass is 9.97. The van der Waals surface area contributed by atoms with E-state index in [1.54, 1.807) is 0 Å². The summed E-state index contributed by atoms with van der Waals surface area (Å²) in [6, 6.07) is 9.74. The maximum atomic E-state index is 12.0. The van der Waals surface area contributed by atoms with Crippen molar-refractivity contribution in [1.29, 1.82) is 5.26 Å². The number of carbonyl (C=O) groups excluding carboxylic acids is 2. The molecule has 8 heteroatoms. The number of anilines is 1. The Kier molecular flexibility index (Phi) is 4.77. The lowest BCUT2D eigenvalue weighted by molar-refractivity contribution is -0.118. The van der Waals surface area contributed by atoms with E-state index in [0.717, 1.165) is 18.4 Å². The molecule has 1 aliphatic carbocycles. The lowest BCUT2D eigenvalue weighted by Gasteiger charge is -2.14. The van der Waals surface area contributed by atoms with Gasteiger partial charge in [0.15, 0.2) is 0 Å². The van der Waals surface area contributed by atoms with E-state index in [-0.39, 0.29) is 23.6 Å². The molecule has 2 atom stereocenters. The van der Waals surface area contributed by atoms with Crippen LogP contribution >= 0.6 is 0 Å². The van der Waals surface area contributed by atoms with E-state index >= 15 is 0 Å². The standard InChI is InChI=1S/C17H19N3O4S/c1-25(23)10-15(21)19-8-14-9-20(16(22)24-14)13-4-2-12(3-5-13)17(11-18)6-7-17/h2-5,14H,6-10H2,1H3,(H,19,21)/t14-,25?/m0/s1. The van der Waals surface area contributed by atoms with E-state index in [0.29, 0.717) is 12.2 Å². The summed E-state index contributed by atoms with van der Waals surface area (Å²) in [5.41, 5.74) is 1.32. The van der Waals surface area contributed by atoms with Crippen molar-refractivity contribution < 1.29 is 18.5 Å². The summed E-state index contributed by atoms with van der Waals surface area (Å²) in [4.78, 5) is 25.1. The summed E-state index contributed by atoms with van der Waals surface area (Å²) < 4.78 is 16.3. The molecule has 1 aliphatic heterocycles. The highest BCUT2D eigenvalue weighted by Gasteiger charge is 2.45. The van der Waals surface area contributed by atoms with E-state index in [1.165, 1.54) is 11.2 Å². The van der Waals surface area contributed by atoms with Gasteiger partial charge in [0.25, 0.3) is 0 Å². The number of ether oxygens (including phenoxy) is 1. The third-order valence-corrected chi connectivity index (χ3v) is 5.10. The van der Waals surface area contributed by atoms with E-state index in [1.807, 2.05) is 24.3 Å². The normalized spacial score (nSPS) is 22.0. The van der Waals surface area contributed by atoms with Crippen molar-refractivity contribution in [3.63, 3.8) is 0 Å². The first-order chi connectivity index (χ1) is 11.9. The molecule has 1 aromatic carbocycles. The molecule has 0 bridgehead atoms. The van der Waals surface area contributed by atoms with Crippen molar-refractivity contribution in [2.24, 2.45) is 0 Å². The van der Waals surface area contributed by atoms with Gasteiger partial charge in [0.1, 0.15) is 11.9 Å². The van der Waals surface area contributed by atoms with Gasteiger partial charge in [0, 0.05) is 22.7 Å². The molecular formula is C17H19N3O4S. The van der Waals surface area contributed by atoms with Crippen LogP contribution in [0.15, 0.2) is 24.3 Å². The number of carbonyl (C=O) groups is 2. The summed E-state index contributed by atoms with van der Waals surface area (Å²) in [5, 5.41) is 11.9. The van der Waals surface area contributed by atoms with Crippen LogP contribution in [0, 0.1) is 11.3 Å². The minimum absolute atomic E-state index is 0.0630. The highest BCUT2D eigenvalue weighted by atomic mass is 32.2. The Morgan fingerprint density at radius 1 is 1.44 bits per heavy atom. The van der Waals surface area contributed by atoms with Crippen LogP contribution in [0.25, 0.3) is 0 Å². The van der Waals surface area contributed by atoms with Gasteiger partial charge < -0.3 is 10.1 Å². The molecular weight excluding hydrogens is 342 g/mol. The van der Waals surface area contributed by atoms with Crippen molar-refractivity contribution in [2.75, 3.05) is 30.0 Å². The average Bonchev–Trinajstić information content (AvgIpc) is 3.30. The van der Waals surface area contributed by atoms with Crippen LogP contribution in [-0.2, 0) is 25.7 Å². The molecule has 0 spiro atoms. The summed E-state index contributed by atoms with van der Waals surface area (Å²) in [5.74, 6) is -0.391. The van der Waals surface area contributed by atoms with Gasteiger partial charge >= 0.3 is 6.09 Å². The first-order valence-corrected chi connectivity index (χ1v) is 9.73. The maximum absolute atomic E-state index is 12.0. The third-order valence-electron chi connectivity index (χ3n) is 4.43. The second-order valence-corrected chi connectivity index (χ2v) is 7.81. The predicted octanol–water partition coefficient (Wildman–Crippen LogP) is 1.06. The summed E-state index contributed by atoms with van der Waals surface area (Å²) in [6.07, 6.45) is 2.29. The van der Waals surface area contributed by atoms with Gasteiger partial charge in [-0.05, 0) is 30.5 Å². The summed E-state index contributed by atoms with van der Waals surface area (Å²) in [7, 11) is -1.20. The molecule has 1 N–H and O–H groups in total. The number of hydrogen-bond donors (Lipinski definition) is 1. The number of hydrogen-bond acceptors (Lipinski definition) is 5. The molecule has 2 fully saturated rings. The van der Waals surface area contributed by atoms with Gasteiger partial charge in [-0.1, -0.05) is 12.1 Å². The van der Waals surface area contributed by atoms with E-state index in [2.05, 4.69) is 11.4 Å². The van der Waals surface area contributed by atoms with E-state index in [4.69, 9.17) is 4.74 Å². The number of amides is 2. The number of nitrogens with one attached hydrogen (secondary N) is 1. The largest absolute Gasteiger partial charge is 0.442 e. The van der Waals surface area contributed by atoms with E-state index < -0.39 is 23.0 Å². The molecule has 7 nitrogen and oxygen atoms in total. The highest BCUT2D eigenvalue weighted by Crippen LogP contribution is 2.47. The van der Waals surface area contributed by atoms with Crippen LogP contribution in [0.5, 0.6) is 0 Å². The Balaban J connectivity index is 1.58. The number of nitrogens with zero attached hydrogens (tertiary/aromatic N) is 2. The van der Waals surface area contributed by atoms with Crippen molar-refractivity contribution in [1.82, 2.24) is 5.32 Å². The molecule has 1 aromatic rings. The minimum atomic E-state index is -1.20. The zero-order valence-corrected chi connectivity index (χ0v) is 14.7.